The first kappa shape index (κ1) is 16.1. The Kier molecular flexibility index (Phi) is 4.57. The molecule has 0 saturated heterocycles. The average molecular weight is 342 g/mol. The van der Waals surface area contributed by atoms with Gasteiger partial charge in [-0.2, -0.15) is 0 Å². The number of halogens is 1. The van der Waals surface area contributed by atoms with Gasteiger partial charge in [0, 0.05) is 24.7 Å². The minimum atomic E-state index is -0.317. The summed E-state index contributed by atoms with van der Waals surface area (Å²) in [7, 11) is 0. The van der Waals surface area contributed by atoms with E-state index in [1.807, 2.05) is 6.07 Å². The smallest absolute Gasteiger partial charge is 0.275 e. The third-order valence-electron chi connectivity index (χ3n) is 3.47. The molecule has 0 spiro atoms. The van der Waals surface area contributed by atoms with Crippen LogP contribution in [0.4, 0.5) is 5.82 Å². The second-order valence-corrected chi connectivity index (χ2v) is 5.95. The van der Waals surface area contributed by atoms with Crippen molar-refractivity contribution in [1.29, 1.82) is 0 Å². The van der Waals surface area contributed by atoms with Gasteiger partial charge in [0.15, 0.2) is 11.6 Å². The molecule has 7 heteroatoms. The third-order valence-corrected chi connectivity index (χ3v) is 3.77. The van der Waals surface area contributed by atoms with E-state index in [0.717, 1.165) is 5.56 Å². The van der Waals surface area contributed by atoms with Gasteiger partial charge in [0.2, 0.25) is 0 Å². The molecule has 0 bridgehead atoms. The second kappa shape index (κ2) is 6.80. The van der Waals surface area contributed by atoms with Crippen LogP contribution in [0, 0.1) is 0 Å². The molecule has 3 rings (SSSR count). The molecule has 3 aromatic rings. The molecule has 1 N–H and O–H groups in total. The van der Waals surface area contributed by atoms with Crippen molar-refractivity contribution in [2.75, 3.05) is 5.32 Å². The zero-order valence-corrected chi connectivity index (χ0v) is 14.0. The van der Waals surface area contributed by atoms with Gasteiger partial charge in [0.05, 0.1) is 5.02 Å². The van der Waals surface area contributed by atoms with Crippen LogP contribution >= 0.6 is 11.6 Å². The van der Waals surface area contributed by atoms with E-state index in [0.29, 0.717) is 28.3 Å². The highest BCUT2D eigenvalue weighted by Gasteiger charge is 2.11. The fourth-order valence-corrected chi connectivity index (χ4v) is 2.32. The number of carbonyl (C=O) groups is 1. The molecule has 6 nitrogen and oxygen atoms in total. The minimum absolute atomic E-state index is 0.317. The Bertz CT molecular complexity index is 857. The summed E-state index contributed by atoms with van der Waals surface area (Å²) in [6, 6.07) is 8.75. The Morgan fingerprint density at radius 2 is 2.04 bits per heavy atom. The molecule has 122 valence electrons. The quantitative estimate of drug-likeness (QED) is 0.785. The summed E-state index contributed by atoms with van der Waals surface area (Å²) in [5.74, 6) is 0.951. The molecule has 0 saturated carbocycles. The van der Waals surface area contributed by atoms with Gasteiger partial charge in [-0.25, -0.2) is 9.67 Å². The highest BCUT2D eigenvalue weighted by atomic mass is 35.5. The summed E-state index contributed by atoms with van der Waals surface area (Å²) in [5.41, 5.74) is 1.42. The minimum Gasteiger partial charge on any atom is -0.304 e. The molecular weight excluding hydrogens is 326 g/mol. The predicted octanol–water partition coefficient (Wildman–Crippen LogP) is 3.69. The van der Waals surface area contributed by atoms with Gasteiger partial charge < -0.3 is 5.32 Å². The van der Waals surface area contributed by atoms with E-state index in [-0.39, 0.29) is 5.91 Å². The standard InChI is InChI=1S/C17H16ClN5O/c1-11(2)12-5-6-14(20-10-12)17(24)21-15-7-9-23(22-15)16-13(18)4-3-8-19-16/h3-11H,1-2H3,(H,21,22,24). The molecular formula is C17H16ClN5O. The molecule has 1 amide bonds. The Balaban J connectivity index is 1.75. The molecule has 0 aliphatic heterocycles. The lowest BCUT2D eigenvalue weighted by atomic mass is 10.1. The first-order chi connectivity index (χ1) is 11.5. The summed E-state index contributed by atoms with van der Waals surface area (Å²) >= 11 is 6.09. The van der Waals surface area contributed by atoms with Crippen molar-refractivity contribution in [2.45, 2.75) is 19.8 Å². The number of pyridine rings is 2. The van der Waals surface area contributed by atoms with E-state index in [4.69, 9.17) is 11.6 Å². The van der Waals surface area contributed by atoms with Gasteiger partial charge in [-0.05, 0) is 29.7 Å². The molecule has 0 fully saturated rings. The third kappa shape index (κ3) is 3.44. The maximum Gasteiger partial charge on any atom is 0.275 e. The number of hydrogen-bond acceptors (Lipinski definition) is 4. The Hall–Kier alpha value is -2.73. The zero-order valence-electron chi connectivity index (χ0n) is 13.3. The first-order valence-corrected chi connectivity index (χ1v) is 7.86. The second-order valence-electron chi connectivity index (χ2n) is 5.54. The van der Waals surface area contributed by atoms with Crippen molar-refractivity contribution in [1.82, 2.24) is 19.7 Å². The lowest BCUT2D eigenvalue weighted by molar-refractivity contribution is 0.102. The summed E-state index contributed by atoms with van der Waals surface area (Å²) in [5, 5.41) is 7.45. The van der Waals surface area contributed by atoms with Crippen LogP contribution in [0.15, 0.2) is 48.9 Å². The summed E-state index contributed by atoms with van der Waals surface area (Å²) in [6.45, 7) is 4.15. The number of carbonyl (C=O) groups excluding carboxylic acids is 1. The predicted molar refractivity (Wildman–Crippen MR) is 92.6 cm³/mol. The van der Waals surface area contributed by atoms with Gasteiger partial charge >= 0.3 is 0 Å². The maximum atomic E-state index is 12.2. The van der Waals surface area contributed by atoms with Crippen molar-refractivity contribution in [3.63, 3.8) is 0 Å². The van der Waals surface area contributed by atoms with Crippen LogP contribution in [-0.4, -0.2) is 25.7 Å². The molecule has 24 heavy (non-hydrogen) atoms. The molecule has 0 unspecified atom stereocenters. The highest BCUT2D eigenvalue weighted by molar-refractivity contribution is 6.32. The van der Waals surface area contributed by atoms with Crippen LogP contribution in [0.2, 0.25) is 5.02 Å². The van der Waals surface area contributed by atoms with E-state index in [1.54, 1.807) is 42.9 Å². The van der Waals surface area contributed by atoms with Crippen LogP contribution in [0.1, 0.15) is 35.8 Å². The van der Waals surface area contributed by atoms with Crippen LogP contribution in [0.5, 0.6) is 0 Å². The van der Waals surface area contributed by atoms with Gasteiger partial charge in [0.25, 0.3) is 5.91 Å². The molecule has 0 aliphatic rings. The number of amides is 1. The van der Waals surface area contributed by atoms with E-state index >= 15 is 0 Å². The van der Waals surface area contributed by atoms with E-state index in [1.165, 1.54) is 4.68 Å². The fourth-order valence-electron chi connectivity index (χ4n) is 2.12. The lowest BCUT2D eigenvalue weighted by Gasteiger charge is -2.06. The van der Waals surface area contributed by atoms with Gasteiger partial charge in [-0.15, -0.1) is 5.10 Å². The monoisotopic (exact) mass is 341 g/mol. The summed E-state index contributed by atoms with van der Waals surface area (Å²) in [4.78, 5) is 20.6. The van der Waals surface area contributed by atoms with Crippen LogP contribution in [-0.2, 0) is 0 Å². The van der Waals surface area contributed by atoms with Crippen LogP contribution in [0.3, 0.4) is 0 Å². The Morgan fingerprint density at radius 3 is 2.71 bits per heavy atom. The molecule has 0 radical (unpaired) electrons. The lowest BCUT2D eigenvalue weighted by Crippen LogP contribution is -2.14. The SMILES string of the molecule is CC(C)c1ccc(C(=O)Nc2ccn(-c3ncccc3Cl)n2)nc1. The van der Waals surface area contributed by atoms with Gasteiger partial charge in [0.1, 0.15) is 5.69 Å². The average Bonchev–Trinajstić information content (AvgIpc) is 3.03. The van der Waals surface area contributed by atoms with E-state index in [2.05, 4.69) is 34.2 Å². The van der Waals surface area contributed by atoms with Gasteiger partial charge in [-0.1, -0.05) is 31.5 Å². The number of hydrogen-bond donors (Lipinski definition) is 1. The van der Waals surface area contributed by atoms with Crippen molar-refractivity contribution >= 4 is 23.3 Å². The highest BCUT2D eigenvalue weighted by Crippen LogP contribution is 2.18. The number of nitrogens with one attached hydrogen (secondary N) is 1. The number of rotatable bonds is 4. The molecule has 0 aromatic carbocycles. The number of anilines is 1. The fraction of sp³-hybridized carbons (Fsp3) is 0.176. The Morgan fingerprint density at radius 1 is 1.21 bits per heavy atom. The largest absolute Gasteiger partial charge is 0.304 e. The van der Waals surface area contributed by atoms with Crippen molar-refractivity contribution in [2.24, 2.45) is 0 Å². The number of aromatic nitrogens is 4. The topological polar surface area (TPSA) is 72.7 Å². The normalized spacial score (nSPS) is 10.8. The van der Waals surface area contributed by atoms with E-state index in [9.17, 15) is 4.79 Å². The summed E-state index contributed by atoms with van der Waals surface area (Å²) in [6.07, 6.45) is 5.02. The number of nitrogens with zero attached hydrogens (tertiary/aromatic N) is 4. The summed E-state index contributed by atoms with van der Waals surface area (Å²) < 4.78 is 1.51. The van der Waals surface area contributed by atoms with Crippen LogP contribution in [0.25, 0.3) is 5.82 Å². The molecule has 3 heterocycles. The molecule has 0 aliphatic carbocycles. The van der Waals surface area contributed by atoms with Crippen LogP contribution < -0.4 is 5.32 Å². The molecule has 3 aromatic heterocycles. The van der Waals surface area contributed by atoms with Crippen molar-refractivity contribution < 1.29 is 4.79 Å². The molecule has 0 atom stereocenters. The van der Waals surface area contributed by atoms with Gasteiger partial charge in [-0.3, -0.25) is 9.78 Å². The maximum absolute atomic E-state index is 12.2. The van der Waals surface area contributed by atoms with Crippen molar-refractivity contribution in [3.05, 3.63) is 65.2 Å². The zero-order chi connectivity index (χ0) is 17.1. The first-order valence-electron chi connectivity index (χ1n) is 7.48. The van der Waals surface area contributed by atoms with Crippen molar-refractivity contribution in [3.8, 4) is 5.82 Å². The Labute approximate surface area is 144 Å². The van der Waals surface area contributed by atoms with E-state index < -0.39 is 0 Å².